The van der Waals surface area contributed by atoms with E-state index in [9.17, 15) is 9.59 Å². The number of nitrogens with one attached hydrogen (secondary N) is 3. The number of aromatic amines is 2. The molecular formula is C14H19N5O2. The van der Waals surface area contributed by atoms with Crippen LogP contribution in [0.5, 0.6) is 0 Å². The first-order valence-corrected chi connectivity index (χ1v) is 6.78. The summed E-state index contributed by atoms with van der Waals surface area (Å²) in [7, 11) is 0. The van der Waals surface area contributed by atoms with Crippen LogP contribution in [0.4, 0.5) is 0 Å². The molecule has 2 rings (SSSR count). The van der Waals surface area contributed by atoms with Gasteiger partial charge < -0.3 is 10.3 Å². The van der Waals surface area contributed by atoms with Crippen LogP contribution >= 0.6 is 0 Å². The molecule has 1 amide bonds. The van der Waals surface area contributed by atoms with Crippen LogP contribution in [0.3, 0.4) is 0 Å². The lowest BCUT2D eigenvalue weighted by atomic mass is 10.1. The molecular weight excluding hydrogens is 270 g/mol. The highest BCUT2D eigenvalue weighted by atomic mass is 16.2. The number of nitrogens with zero attached hydrogens (tertiary/aromatic N) is 2. The van der Waals surface area contributed by atoms with Gasteiger partial charge in [0.2, 0.25) is 0 Å². The number of carbonyl (C=O) groups is 1. The van der Waals surface area contributed by atoms with Gasteiger partial charge in [0, 0.05) is 23.7 Å². The van der Waals surface area contributed by atoms with Crippen LogP contribution in [0, 0.1) is 13.8 Å². The lowest BCUT2D eigenvalue weighted by Crippen LogP contribution is -2.32. The Morgan fingerprint density at radius 1 is 1.38 bits per heavy atom. The van der Waals surface area contributed by atoms with E-state index in [1.54, 1.807) is 13.1 Å². The molecule has 0 aliphatic carbocycles. The Hall–Kier alpha value is -2.44. The first kappa shape index (κ1) is 15.0. The predicted molar refractivity (Wildman–Crippen MR) is 78.2 cm³/mol. The second-order valence-corrected chi connectivity index (χ2v) is 5.27. The van der Waals surface area contributed by atoms with Crippen molar-refractivity contribution in [3.8, 4) is 0 Å². The van der Waals surface area contributed by atoms with E-state index in [4.69, 9.17) is 0 Å². The van der Waals surface area contributed by atoms with E-state index in [0.717, 1.165) is 11.3 Å². The zero-order valence-corrected chi connectivity index (χ0v) is 12.6. The lowest BCUT2D eigenvalue weighted by Gasteiger charge is -2.09. The van der Waals surface area contributed by atoms with E-state index < -0.39 is 11.5 Å². The van der Waals surface area contributed by atoms with Crippen LogP contribution in [0.25, 0.3) is 0 Å². The van der Waals surface area contributed by atoms with Crippen LogP contribution in [0.1, 0.15) is 52.9 Å². The molecule has 0 aliphatic heterocycles. The van der Waals surface area contributed by atoms with Gasteiger partial charge in [0.05, 0.1) is 11.9 Å². The maximum atomic E-state index is 12.2. The number of hydrogen-bond donors (Lipinski definition) is 3. The largest absolute Gasteiger partial charge is 0.348 e. The molecule has 21 heavy (non-hydrogen) atoms. The smallest absolute Gasteiger partial charge is 0.264 e. The lowest BCUT2D eigenvalue weighted by molar-refractivity contribution is 0.0948. The van der Waals surface area contributed by atoms with Gasteiger partial charge >= 0.3 is 0 Å². The molecule has 3 N–H and O–H groups in total. The van der Waals surface area contributed by atoms with Gasteiger partial charge in [-0.05, 0) is 13.8 Å². The van der Waals surface area contributed by atoms with E-state index in [1.807, 2.05) is 20.8 Å². The Morgan fingerprint density at radius 2 is 2.10 bits per heavy atom. The molecule has 0 atom stereocenters. The average molecular weight is 289 g/mol. The standard InChI is InChI=1S/C14H19N5O2/c1-7(2)12-17-9(4)11(14(21)18-12)13(20)15-5-10-6-16-19-8(10)3/h6-7H,5H2,1-4H3,(H,15,20)(H,16,19)(H,17,18,21). The van der Waals surface area contributed by atoms with E-state index in [0.29, 0.717) is 18.1 Å². The van der Waals surface area contributed by atoms with Crippen LogP contribution in [-0.4, -0.2) is 26.1 Å². The summed E-state index contributed by atoms with van der Waals surface area (Å²) < 4.78 is 0. The number of aromatic nitrogens is 4. The molecule has 2 heterocycles. The van der Waals surface area contributed by atoms with Crippen molar-refractivity contribution in [2.75, 3.05) is 0 Å². The van der Waals surface area contributed by atoms with Crippen molar-refractivity contribution in [2.45, 2.75) is 40.2 Å². The van der Waals surface area contributed by atoms with Gasteiger partial charge in [0.25, 0.3) is 11.5 Å². The fourth-order valence-corrected chi connectivity index (χ4v) is 1.97. The van der Waals surface area contributed by atoms with Gasteiger partial charge in [-0.3, -0.25) is 14.7 Å². The summed E-state index contributed by atoms with van der Waals surface area (Å²) in [5.74, 6) is 0.249. The molecule has 0 aromatic carbocycles. The summed E-state index contributed by atoms with van der Waals surface area (Å²) in [5.41, 5.74) is 1.84. The second kappa shape index (κ2) is 5.90. The summed E-state index contributed by atoms with van der Waals surface area (Å²) in [6.45, 7) is 7.70. The topological polar surface area (TPSA) is 104 Å². The first-order valence-electron chi connectivity index (χ1n) is 6.78. The van der Waals surface area contributed by atoms with Crippen molar-refractivity contribution in [3.63, 3.8) is 0 Å². The number of hydrogen-bond acceptors (Lipinski definition) is 4. The third-order valence-electron chi connectivity index (χ3n) is 3.27. The summed E-state index contributed by atoms with van der Waals surface area (Å²) in [5, 5.41) is 9.39. The van der Waals surface area contributed by atoms with Gasteiger partial charge in [-0.2, -0.15) is 5.10 Å². The van der Waals surface area contributed by atoms with Crippen LogP contribution < -0.4 is 10.9 Å². The fourth-order valence-electron chi connectivity index (χ4n) is 1.97. The van der Waals surface area contributed by atoms with Crippen molar-refractivity contribution in [1.82, 2.24) is 25.5 Å². The molecule has 7 heteroatoms. The van der Waals surface area contributed by atoms with Crippen molar-refractivity contribution in [1.29, 1.82) is 0 Å². The minimum atomic E-state index is -0.433. The molecule has 112 valence electrons. The second-order valence-electron chi connectivity index (χ2n) is 5.27. The highest BCUT2D eigenvalue weighted by Crippen LogP contribution is 2.09. The minimum Gasteiger partial charge on any atom is -0.348 e. The van der Waals surface area contributed by atoms with Crippen LogP contribution in [0.2, 0.25) is 0 Å². The third-order valence-corrected chi connectivity index (χ3v) is 3.27. The van der Waals surface area contributed by atoms with E-state index in [1.165, 1.54) is 0 Å². The van der Waals surface area contributed by atoms with Gasteiger partial charge in [0.15, 0.2) is 0 Å². The summed E-state index contributed by atoms with van der Waals surface area (Å²) in [4.78, 5) is 31.2. The normalized spacial score (nSPS) is 10.9. The minimum absolute atomic E-state index is 0.0561. The number of H-pyrrole nitrogens is 2. The van der Waals surface area contributed by atoms with Gasteiger partial charge in [-0.15, -0.1) is 0 Å². The van der Waals surface area contributed by atoms with E-state index >= 15 is 0 Å². The summed E-state index contributed by atoms with van der Waals surface area (Å²) >= 11 is 0. The number of aryl methyl sites for hydroxylation is 2. The molecule has 0 spiro atoms. The van der Waals surface area contributed by atoms with Crippen molar-refractivity contribution in [3.05, 3.63) is 44.9 Å². The molecule has 2 aromatic heterocycles. The molecule has 0 aliphatic rings. The Morgan fingerprint density at radius 3 is 2.62 bits per heavy atom. The molecule has 0 fully saturated rings. The van der Waals surface area contributed by atoms with Gasteiger partial charge in [-0.25, -0.2) is 4.98 Å². The average Bonchev–Trinajstić information content (AvgIpc) is 2.81. The summed E-state index contributed by atoms with van der Waals surface area (Å²) in [6.07, 6.45) is 1.65. The first-order chi connectivity index (χ1) is 9.90. The maximum absolute atomic E-state index is 12.2. The molecule has 0 bridgehead atoms. The van der Waals surface area contributed by atoms with Crippen molar-refractivity contribution < 1.29 is 4.79 Å². The molecule has 0 saturated heterocycles. The Bertz CT molecular complexity index is 714. The number of carbonyl (C=O) groups excluding carboxylic acids is 1. The highest BCUT2D eigenvalue weighted by Gasteiger charge is 2.17. The van der Waals surface area contributed by atoms with E-state index in [2.05, 4.69) is 25.5 Å². The number of amides is 1. The SMILES string of the molecule is Cc1nc(C(C)C)[nH]c(=O)c1C(=O)NCc1cn[nH]c1C. The van der Waals surface area contributed by atoms with Crippen LogP contribution in [-0.2, 0) is 6.54 Å². The zero-order chi connectivity index (χ0) is 15.6. The zero-order valence-electron chi connectivity index (χ0n) is 12.6. The van der Waals surface area contributed by atoms with Crippen molar-refractivity contribution in [2.24, 2.45) is 0 Å². The molecule has 0 saturated carbocycles. The van der Waals surface area contributed by atoms with E-state index in [-0.39, 0.29) is 11.5 Å². The molecule has 0 unspecified atom stereocenters. The monoisotopic (exact) mass is 289 g/mol. The van der Waals surface area contributed by atoms with Gasteiger partial charge in [0.1, 0.15) is 11.4 Å². The Kier molecular flexibility index (Phi) is 4.21. The molecule has 2 aromatic rings. The molecule has 7 nitrogen and oxygen atoms in total. The quantitative estimate of drug-likeness (QED) is 0.785. The molecule has 0 radical (unpaired) electrons. The van der Waals surface area contributed by atoms with Gasteiger partial charge in [-0.1, -0.05) is 13.8 Å². The summed E-state index contributed by atoms with van der Waals surface area (Å²) in [6, 6.07) is 0. The van der Waals surface area contributed by atoms with Crippen molar-refractivity contribution >= 4 is 5.91 Å². The third kappa shape index (κ3) is 3.18. The fraction of sp³-hybridized carbons (Fsp3) is 0.429. The maximum Gasteiger partial charge on any atom is 0.264 e. The predicted octanol–water partition coefficient (Wildman–Crippen LogP) is 1.16. The number of rotatable bonds is 4. The Labute approximate surface area is 122 Å². The van der Waals surface area contributed by atoms with Crippen LogP contribution in [0.15, 0.2) is 11.0 Å². The Balaban J connectivity index is 2.20. The highest BCUT2D eigenvalue weighted by molar-refractivity contribution is 5.94.